The third-order valence-corrected chi connectivity index (χ3v) is 2.69. The molecule has 0 atom stereocenters. The molecule has 0 aliphatic carbocycles. The molecule has 2 rings (SSSR count). The van der Waals surface area contributed by atoms with E-state index in [4.69, 9.17) is 17.3 Å². The third kappa shape index (κ3) is 2.39. The number of benzene rings is 1. The molecule has 2 aromatic rings. The van der Waals surface area contributed by atoms with Crippen molar-refractivity contribution in [3.8, 4) is 0 Å². The standard InChI is InChI=1S/C11H11ClN4O/c1-16(11-14-5-4-10(17)15-11)7-2-3-8(12)9(13)6-7/h2-6H,13H2,1H3,(H,14,15,17). The van der Waals surface area contributed by atoms with Crippen LogP contribution in [-0.4, -0.2) is 17.0 Å². The lowest BCUT2D eigenvalue weighted by atomic mass is 10.2. The first-order valence-corrected chi connectivity index (χ1v) is 5.30. The molecule has 17 heavy (non-hydrogen) atoms. The van der Waals surface area contributed by atoms with Gasteiger partial charge in [-0.15, -0.1) is 0 Å². The lowest BCUT2D eigenvalue weighted by Crippen LogP contribution is -2.17. The van der Waals surface area contributed by atoms with Gasteiger partial charge < -0.3 is 10.6 Å². The van der Waals surface area contributed by atoms with Crippen molar-refractivity contribution in [2.24, 2.45) is 0 Å². The Bertz CT molecular complexity index is 596. The van der Waals surface area contributed by atoms with Crippen LogP contribution in [0, 0.1) is 0 Å². The maximum atomic E-state index is 11.2. The second kappa shape index (κ2) is 4.47. The summed E-state index contributed by atoms with van der Waals surface area (Å²) < 4.78 is 0. The van der Waals surface area contributed by atoms with E-state index in [9.17, 15) is 4.79 Å². The van der Waals surface area contributed by atoms with Crippen LogP contribution in [0.2, 0.25) is 5.02 Å². The Balaban J connectivity index is 2.40. The van der Waals surface area contributed by atoms with Gasteiger partial charge in [0.05, 0.1) is 10.7 Å². The average Bonchev–Trinajstić information content (AvgIpc) is 2.32. The molecule has 1 aromatic carbocycles. The lowest BCUT2D eigenvalue weighted by molar-refractivity contribution is 1.02. The molecule has 3 N–H and O–H groups in total. The van der Waals surface area contributed by atoms with Gasteiger partial charge in [-0.3, -0.25) is 9.78 Å². The highest BCUT2D eigenvalue weighted by molar-refractivity contribution is 6.33. The third-order valence-electron chi connectivity index (χ3n) is 2.34. The summed E-state index contributed by atoms with van der Waals surface area (Å²) >= 11 is 5.84. The number of hydrogen-bond acceptors (Lipinski definition) is 4. The fourth-order valence-corrected chi connectivity index (χ4v) is 1.51. The minimum absolute atomic E-state index is 0.205. The number of anilines is 3. The average molecular weight is 251 g/mol. The van der Waals surface area contributed by atoms with Crippen molar-refractivity contribution < 1.29 is 0 Å². The number of nitrogen functional groups attached to an aromatic ring is 1. The molecule has 88 valence electrons. The van der Waals surface area contributed by atoms with E-state index >= 15 is 0 Å². The Morgan fingerprint density at radius 2 is 2.18 bits per heavy atom. The molecule has 0 saturated carbocycles. The number of aromatic amines is 1. The Labute approximate surface area is 103 Å². The zero-order chi connectivity index (χ0) is 12.4. The van der Waals surface area contributed by atoms with Crippen molar-refractivity contribution in [3.63, 3.8) is 0 Å². The van der Waals surface area contributed by atoms with E-state index in [2.05, 4.69) is 9.97 Å². The number of nitrogens with one attached hydrogen (secondary N) is 1. The summed E-state index contributed by atoms with van der Waals surface area (Å²) in [6, 6.07) is 6.57. The molecule has 1 aromatic heterocycles. The van der Waals surface area contributed by atoms with E-state index in [-0.39, 0.29) is 5.56 Å². The molecule has 0 aliphatic rings. The molecule has 0 fully saturated rings. The number of hydrogen-bond donors (Lipinski definition) is 2. The second-order valence-electron chi connectivity index (χ2n) is 3.52. The Morgan fingerprint density at radius 3 is 2.82 bits per heavy atom. The molecule has 0 saturated heterocycles. The molecule has 6 heteroatoms. The van der Waals surface area contributed by atoms with E-state index in [1.54, 1.807) is 30.1 Å². The Kier molecular flexibility index (Phi) is 3.01. The second-order valence-corrected chi connectivity index (χ2v) is 3.93. The van der Waals surface area contributed by atoms with E-state index in [0.29, 0.717) is 16.7 Å². The largest absolute Gasteiger partial charge is 0.397 e. The quantitative estimate of drug-likeness (QED) is 0.797. The maximum absolute atomic E-state index is 11.2. The van der Waals surface area contributed by atoms with Crippen molar-refractivity contribution in [2.45, 2.75) is 0 Å². The summed E-state index contributed by atoms with van der Waals surface area (Å²) in [6.07, 6.45) is 1.45. The highest BCUT2D eigenvalue weighted by Crippen LogP contribution is 2.26. The van der Waals surface area contributed by atoms with Crippen LogP contribution in [0.15, 0.2) is 35.3 Å². The van der Waals surface area contributed by atoms with Crippen molar-refractivity contribution >= 4 is 28.9 Å². The van der Waals surface area contributed by atoms with Gasteiger partial charge >= 0.3 is 0 Å². The first-order valence-electron chi connectivity index (χ1n) is 4.92. The summed E-state index contributed by atoms with van der Waals surface area (Å²) in [5, 5.41) is 0.497. The SMILES string of the molecule is CN(c1ccc(Cl)c(N)c1)c1nccc(=O)[nH]1. The predicted octanol–water partition coefficient (Wildman–Crippen LogP) is 1.77. The van der Waals surface area contributed by atoms with E-state index in [1.165, 1.54) is 12.3 Å². The fourth-order valence-electron chi connectivity index (χ4n) is 1.39. The van der Waals surface area contributed by atoms with E-state index < -0.39 is 0 Å². The zero-order valence-electron chi connectivity index (χ0n) is 9.14. The van der Waals surface area contributed by atoms with Gasteiger partial charge in [-0.1, -0.05) is 11.6 Å². The highest BCUT2D eigenvalue weighted by atomic mass is 35.5. The van der Waals surface area contributed by atoms with Crippen LogP contribution in [0.3, 0.4) is 0 Å². The summed E-state index contributed by atoms with van der Waals surface area (Å²) in [5.74, 6) is 0.444. The van der Waals surface area contributed by atoms with Crippen molar-refractivity contribution in [1.29, 1.82) is 0 Å². The van der Waals surface area contributed by atoms with Crippen LogP contribution in [0.4, 0.5) is 17.3 Å². The van der Waals surface area contributed by atoms with Crippen LogP contribution < -0.4 is 16.2 Å². The minimum atomic E-state index is -0.205. The van der Waals surface area contributed by atoms with Crippen molar-refractivity contribution in [2.75, 3.05) is 17.7 Å². The van der Waals surface area contributed by atoms with Crippen molar-refractivity contribution in [3.05, 3.63) is 45.8 Å². The van der Waals surface area contributed by atoms with Gasteiger partial charge in [0.1, 0.15) is 0 Å². The summed E-state index contributed by atoms with van der Waals surface area (Å²) in [7, 11) is 1.78. The van der Waals surface area contributed by atoms with Gasteiger partial charge in [-0.25, -0.2) is 4.98 Å². The number of rotatable bonds is 2. The van der Waals surface area contributed by atoms with Crippen LogP contribution in [0.1, 0.15) is 0 Å². The number of nitrogens with two attached hydrogens (primary N) is 1. The van der Waals surface area contributed by atoms with Crippen molar-refractivity contribution in [1.82, 2.24) is 9.97 Å². The summed E-state index contributed by atoms with van der Waals surface area (Å²) in [6.45, 7) is 0. The number of aromatic nitrogens is 2. The molecule has 0 spiro atoms. The fraction of sp³-hybridized carbons (Fsp3) is 0.0909. The molecule has 1 heterocycles. The Hall–Kier alpha value is -2.01. The monoisotopic (exact) mass is 250 g/mol. The number of nitrogens with zero attached hydrogens (tertiary/aromatic N) is 2. The molecule has 0 aliphatic heterocycles. The van der Waals surface area contributed by atoms with Gasteiger partial charge in [0.15, 0.2) is 0 Å². The first kappa shape index (κ1) is 11.5. The molecular formula is C11H11ClN4O. The summed E-state index contributed by atoms with van der Waals surface area (Å²) in [4.78, 5) is 19.6. The van der Waals surface area contributed by atoms with Gasteiger partial charge in [0.2, 0.25) is 5.95 Å². The zero-order valence-corrected chi connectivity index (χ0v) is 9.90. The predicted molar refractivity (Wildman–Crippen MR) is 68.8 cm³/mol. The highest BCUT2D eigenvalue weighted by Gasteiger charge is 2.07. The smallest absolute Gasteiger partial charge is 0.252 e. The van der Waals surface area contributed by atoms with Crippen LogP contribution in [0.5, 0.6) is 0 Å². The Morgan fingerprint density at radius 1 is 1.41 bits per heavy atom. The number of halogens is 1. The molecule has 0 bridgehead atoms. The molecule has 0 amide bonds. The van der Waals surface area contributed by atoms with E-state index in [1.807, 2.05) is 0 Å². The molecule has 0 unspecified atom stereocenters. The van der Waals surface area contributed by atoms with Crippen LogP contribution >= 0.6 is 11.6 Å². The molecule has 0 radical (unpaired) electrons. The lowest BCUT2D eigenvalue weighted by Gasteiger charge is -2.17. The topological polar surface area (TPSA) is 75.0 Å². The molecular weight excluding hydrogens is 240 g/mol. The van der Waals surface area contributed by atoms with Crippen LogP contribution in [0.25, 0.3) is 0 Å². The van der Waals surface area contributed by atoms with Gasteiger partial charge in [0, 0.05) is 25.0 Å². The minimum Gasteiger partial charge on any atom is -0.397 e. The number of H-pyrrole nitrogens is 1. The van der Waals surface area contributed by atoms with Gasteiger partial charge in [-0.2, -0.15) is 0 Å². The normalized spacial score (nSPS) is 10.2. The first-order chi connectivity index (χ1) is 8.08. The van der Waals surface area contributed by atoms with Crippen LogP contribution in [-0.2, 0) is 0 Å². The molecule has 5 nitrogen and oxygen atoms in total. The van der Waals surface area contributed by atoms with E-state index in [0.717, 1.165) is 5.69 Å². The summed E-state index contributed by atoms with van der Waals surface area (Å²) in [5.41, 5.74) is 6.78. The van der Waals surface area contributed by atoms with Gasteiger partial charge in [0.25, 0.3) is 5.56 Å². The van der Waals surface area contributed by atoms with Gasteiger partial charge in [-0.05, 0) is 18.2 Å². The maximum Gasteiger partial charge on any atom is 0.252 e.